The first-order valence-electron chi connectivity index (χ1n) is 10.9. The number of rotatable bonds is 6. The van der Waals surface area contributed by atoms with Crippen molar-refractivity contribution in [2.24, 2.45) is 5.10 Å². The molecule has 5 rings (SSSR count). The molecule has 0 saturated carbocycles. The predicted molar refractivity (Wildman–Crippen MR) is 144 cm³/mol. The van der Waals surface area contributed by atoms with Gasteiger partial charge in [-0.2, -0.15) is 9.78 Å². The highest BCUT2D eigenvalue weighted by Crippen LogP contribution is 2.24. The third-order valence-corrected chi connectivity index (χ3v) is 6.12. The van der Waals surface area contributed by atoms with Crippen molar-refractivity contribution in [1.82, 2.24) is 9.66 Å². The van der Waals surface area contributed by atoms with Crippen LogP contribution < -0.4 is 10.3 Å². The lowest BCUT2D eigenvalue weighted by atomic mass is 10.2. The van der Waals surface area contributed by atoms with Crippen molar-refractivity contribution in [3.05, 3.63) is 128 Å². The number of ether oxygens (including phenoxy) is 1. The second kappa shape index (κ2) is 10.3. The van der Waals surface area contributed by atoms with E-state index in [1.54, 1.807) is 12.3 Å². The number of nitrogens with zero attached hydrogens (tertiary/aromatic N) is 3. The largest absolute Gasteiger partial charge is 0.488 e. The van der Waals surface area contributed by atoms with Gasteiger partial charge in [-0.15, -0.1) is 0 Å². The van der Waals surface area contributed by atoms with Crippen molar-refractivity contribution < 1.29 is 4.74 Å². The normalized spacial score (nSPS) is 11.3. The van der Waals surface area contributed by atoms with Gasteiger partial charge >= 0.3 is 0 Å². The van der Waals surface area contributed by atoms with Crippen LogP contribution in [0.4, 0.5) is 0 Å². The van der Waals surface area contributed by atoms with E-state index in [2.05, 4.69) is 21.0 Å². The maximum Gasteiger partial charge on any atom is 0.282 e. The van der Waals surface area contributed by atoms with Gasteiger partial charge < -0.3 is 4.74 Å². The summed E-state index contributed by atoms with van der Waals surface area (Å²) in [5.41, 5.74) is 2.87. The fourth-order valence-electron chi connectivity index (χ4n) is 3.62. The highest BCUT2D eigenvalue weighted by Gasteiger charge is 2.12. The number of para-hydroxylation sites is 1. The van der Waals surface area contributed by atoms with Crippen LogP contribution in [0.5, 0.6) is 5.75 Å². The lowest BCUT2D eigenvalue weighted by molar-refractivity contribution is 0.305. The topological polar surface area (TPSA) is 56.5 Å². The minimum atomic E-state index is -0.246. The smallest absolute Gasteiger partial charge is 0.282 e. The Balaban J connectivity index is 1.55. The first kappa shape index (κ1) is 23.0. The SMILES string of the molecule is O=c1c2ccccc2nc(-c2ccccc2)n1N=Cc1cc(Br)ccc1OCc1ccc(Cl)cc1. The molecule has 1 aromatic heterocycles. The summed E-state index contributed by atoms with van der Waals surface area (Å²) in [7, 11) is 0. The number of halogens is 2. The lowest BCUT2D eigenvalue weighted by Gasteiger charge is -2.11. The van der Waals surface area contributed by atoms with E-state index < -0.39 is 0 Å². The van der Waals surface area contributed by atoms with Crippen molar-refractivity contribution in [2.75, 3.05) is 0 Å². The van der Waals surface area contributed by atoms with Crippen LogP contribution in [0.1, 0.15) is 11.1 Å². The fraction of sp³-hybridized carbons (Fsp3) is 0.0357. The summed E-state index contributed by atoms with van der Waals surface area (Å²) in [6.07, 6.45) is 1.62. The summed E-state index contributed by atoms with van der Waals surface area (Å²) in [6.45, 7) is 0.367. The quantitative estimate of drug-likeness (QED) is 0.218. The van der Waals surface area contributed by atoms with Gasteiger partial charge in [-0.3, -0.25) is 4.79 Å². The van der Waals surface area contributed by atoms with Crippen LogP contribution >= 0.6 is 27.5 Å². The number of benzene rings is 4. The molecule has 0 aliphatic heterocycles. The summed E-state index contributed by atoms with van der Waals surface area (Å²) in [4.78, 5) is 18.1. The molecule has 7 heteroatoms. The molecule has 0 bridgehead atoms. The summed E-state index contributed by atoms with van der Waals surface area (Å²) in [6, 6.07) is 29.9. The monoisotopic (exact) mass is 543 g/mol. The maximum absolute atomic E-state index is 13.4. The van der Waals surface area contributed by atoms with Gasteiger partial charge in [0.1, 0.15) is 12.4 Å². The Bertz CT molecular complexity index is 1580. The second-order valence-corrected chi connectivity index (χ2v) is 9.13. The summed E-state index contributed by atoms with van der Waals surface area (Å²) in [5.74, 6) is 1.10. The maximum atomic E-state index is 13.4. The van der Waals surface area contributed by atoms with E-state index in [0.717, 1.165) is 15.6 Å². The van der Waals surface area contributed by atoms with Crippen molar-refractivity contribution in [3.63, 3.8) is 0 Å². The molecular formula is C28H19BrClN3O2. The van der Waals surface area contributed by atoms with Crippen molar-refractivity contribution >= 4 is 44.6 Å². The third-order valence-electron chi connectivity index (χ3n) is 5.38. The molecule has 35 heavy (non-hydrogen) atoms. The zero-order valence-corrected chi connectivity index (χ0v) is 20.8. The summed E-state index contributed by atoms with van der Waals surface area (Å²) in [5, 5.41) is 5.74. The second-order valence-electron chi connectivity index (χ2n) is 7.78. The molecule has 5 nitrogen and oxygen atoms in total. The van der Waals surface area contributed by atoms with E-state index in [4.69, 9.17) is 21.3 Å². The summed E-state index contributed by atoms with van der Waals surface area (Å²) < 4.78 is 8.26. The van der Waals surface area contributed by atoms with Crippen LogP contribution in [0.15, 0.2) is 111 Å². The molecule has 5 aromatic rings. The molecule has 172 valence electrons. The zero-order chi connectivity index (χ0) is 24.2. The van der Waals surface area contributed by atoms with Gasteiger partial charge in [0.25, 0.3) is 5.56 Å². The first-order valence-corrected chi connectivity index (χ1v) is 12.0. The summed E-state index contributed by atoms with van der Waals surface area (Å²) >= 11 is 9.49. The molecule has 0 atom stereocenters. The van der Waals surface area contributed by atoms with Crippen molar-refractivity contribution in [2.45, 2.75) is 6.61 Å². The molecule has 0 N–H and O–H groups in total. The third kappa shape index (κ3) is 5.19. The number of hydrogen-bond donors (Lipinski definition) is 0. The Hall–Kier alpha value is -3.74. The van der Waals surface area contributed by atoms with Gasteiger partial charge in [-0.25, -0.2) is 4.98 Å². The molecule has 0 aliphatic rings. The van der Waals surface area contributed by atoms with E-state index in [0.29, 0.717) is 39.7 Å². The average molecular weight is 545 g/mol. The number of fused-ring (bicyclic) bond motifs is 1. The van der Waals surface area contributed by atoms with Crippen molar-refractivity contribution in [1.29, 1.82) is 0 Å². The van der Waals surface area contributed by atoms with Gasteiger partial charge in [-0.1, -0.05) is 82.1 Å². The van der Waals surface area contributed by atoms with E-state index in [1.807, 2.05) is 91.0 Å². The molecule has 0 saturated heterocycles. The first-order chi connectivity index (χ1) is 17.1. The van der Waals surface area contributed by atoms with Crippen LogP contribution in [0, 0.1) is 0 Å². The zero-order valence-electron chi connectivity index (χ0n) is 18.4. The molecule has 0 unspecified atom stereocenters. The molecule has 0 spiro atoms. The van der Waals surface area contributed by atoms with Crippen molar-refractivity contribution in [3.8, 4) is 17.1 Å². The Kier molecular flexibility index (Phi) is 6.75. The number of hydrogen-bond acceptors (Lipinski definition) is 4. The fourth-order valence-corrected chi connectivity index (χ4v) is 4.12. The van der Waals surface area contributed by atoms with E-state index in [1.165, 1.54) is 4.68 Å². The van der Waals surface area contributed by atoms with Gasteiger partial charge in [0.2, 0.25) is 0 Å². The molecule has 0 aliphatic carbocycles. The average Bonchev–Trinajstić information content (AvgIpc) is 2.89. The van der Waals surface area contributed by atoms with Crippen LogP contribution in [0.3, 0.4) is 0 Å². The van der Waals surface area contributed by atoms with E-state index >= 15 is 0 Å². The minimum absolute atomic E-state index is 0.246. The highest BCUT2D eigenvalue weighted by atomic mass is 79.9. The van der Waals surface area contributed by atoms with Crippen LogP contribution in [-0.4, -0.2) is 15.9 Å². The number of aromatic nitrogens is 2. The molecule has 0 fully saturated rings. The Morgan fingerprint density at radius 2 is 1.69 bits per heavy atom. The standard InChI is InChI=1S/C28H19BrClN3O2/c29-22-12-15-26(35-18-19-10-13-23(30)14-11-19)21(16-22)17-31-33-27(20-6-2-1-3-7-20)32-25-9-5-4-8-24(25)28(33)34/h1-17H,18H2. The van der Waals surface area contributed by atoms with Gasteiger partial charge in [0.15, 0.2) is 5.82 Å². The predicted octanol–water partition coefficient (Wildman–Crippen LogP) is 6.94. The Morgan fingerprint density at radius 1 is 0.943 bits per heavy atom. The highest BCUT2D eigenvalue weighted by molar-refractivity contribution is 9.10. The molecular weight excluding hydrogens is 526 g/mol. The minimum Gasteiger partial charge on any atom is -0.488 e. The van der Waals surface area contributed by atoms with Gasteiger partial charge in [0.05, 0.1) is 17.1 Å². The Morgan fingerprint density at radius 3 is 2.49 bits per heavy atom. The molecule has 1 heterocycles. The molecule has 0 radical (unpaired) electrons. The molecule has 0 amide bonds. The molecule has 4 aromatic carbocycles. The van der Waals surface area contributed by atoms with Crippen LogP contribution in [-0.2, 0) is 6.61 Å². The Labute approximate surface area is 215 Å². The van der Waals surface area contributed by atoms with Crippen LogP contribution in [0.2, 0.25) is 5.02 Å². The van der Waals surface area contributed by atoms with E-state index in [-0.39, 0.29) is 5.56 Å². The van der Waals surface area contributed by atoms with E-state index in [9.17, 15) is 4.79 Å². The lowest BCUT2D eigenvalue weighted by Crippen LogP contribution is -2.20. The van der Waals surface area contributed by atoms with Crippen LogP contribution in [0.25, 0.3) is 22.3 Å². The van der Waals surface area contributed by atoms with Gasteiger partial charge in [0, 0.05) is 20.6 Å². The van der Waals surface area contributed by atoms with Gasteiger partial charge in [-0.05, 0) is 48.0 Å².